The lowest BCUT2D eigenvalue weighted by Crippen LogP contribution is -2.35. The zero-order valence-electron chi connectivity index (χ0n) is 13.5. The van der Waals surface area contributed by atoms with Crippen LogP contribution in [-0.4, -0.2) is 33.0 Å². The van der Waals surface area contributed by atoms with Crippen LogP contribution in [0.25, 0.3) is 0 Å². The third kappa shape index (κ3) is 3.90. The van der Waals surface area contributed by atoms with Crippen LogP contribution in [0.2, 0.25) is 5.02 Å². The molecule has 1 aromatic carbocycles. The lowest BCUT2D eigenvalue weighted by molar-refractivity contribution is -0.384. The number of hydrogen-bond acceptors (Lipinski definition) is 5. The van der Waals surface area contributed by atoms with Gasteiger partial charge in [0.2, 0.25) is 0 Å². The number of halogens is 4. The minimum Gasteiger partial charge on any atom is -0.366 e. The van der Waals surface area contributed by atoms with Crippen molar-refractivity contribution in [3.05, 3.63) is 45.2 Å². The zero-order valence-corrected chi connectivity index (χ0v) is 14.2. The van der Waals surface area contributed by atoms with Gasteiger partial charge in [-0.25, -0.2) is 0 Å². The van der Waals surface area contributed by atoms with Crippen molar-refractivity contribution in [2.45, 2.75) is 25.6 Å². The summed E-state index contributed by atoms with van der Waals surface area (Å²) in [4.78, 5) is 12.2. The number of alkyl halides is 3. The van der Waals surface area contributed by atoms with Crippen LogP contribution in [0.3, 0.4) is 0 Å². The first kappa shape index (κ1) is 18.4. The lowest BCUT2D eigenvalue weighted by atomic mass is 9.96. The molecule has 0 amide bonds. The van der Waals surface area contributed by atoms with Crippen molar-refractivity contribution in [3.63, 3.8) is 0 Å². The third-order valence-electron chi connectivity index (χ3n) is 4.44. The molecule has 0 spiro atoms. The van der Waals surface area contributed by atoms with Crippen molar-refractivity contribution in [2.75, 3.05) is 18.0 Å². The molecular weight excluding hydrogens is 375 g/mol. The summed E-state index contributed by atoms with van der Waals surface area (Å²) < 4.78 is 40.6. The van der Waals surface area contributed by atoms with Crippen molar-refractivity contribution in [2.24, 2.45) is 5.92 Å². The van der Waals surface area contributed by atoms with E-state index in [1.54, 1.807) is 22.0 Å². The zero-order chi connectivity index (χ0) is 18.9. The van der Waals surface area contributed by atoms with Gasteiger partial charge in [0, 0.05) is 31.9 Å². The van der Waals surface area contributed by atoms with Gasteiger partial charge in [0.15, 0.2) is 0 Å². The van der Waals surface area contributed by atoms with Crippen molar-refractivity contribution < 1.29 is 18.1 Å². The van der Waals surface area contributed by atoms with Crippen LogP contribution in [0, 0.1) is 16.0 Å². The number of aromatic nitrogens is 3. The van der Waals surface area contributed by atoms with Gasteiger partial charge in [-0.15, -0.1) is 5.10 Å². The number of nitrogens with zero attached hydrogens (tertiary/aromatic N) is 5. The molecule has 7 nitrogen and oxygen atoms in total. The van der Waals surface area contributed by atoms with Gasteiger partial charge in [-0.1, -0.05) is 16.8 Å². The van der Waals surface area contributed by atoms with Crippen molar-refractivity contribution >= 4 is 23.0 Å². The molecule has 0 saturated carbocycles. The van der Waals surface area contributed by atoms with Gasteiger partial charge in [0.1, 0.15) is 5.69 Å². The molecule has 140 valence electrons. The van der Waals surface area contributed by atoms with Crippen LogP contribution in [0.5, 0.6) is 0 Å². The van der Waals surface area contributed by atoms with Gasteiger partial charge in [-0.2, -0.15) is 13.2 Å². The molecule has 1 aromatic heterocycles. The van der Waals surface area contributed by atoms with E-state index in [1.807, 2.05) is 0 Å². The van der Waals surface area contributed by atoms with E-state index in [0.717, 1.165) is 18.9 Å². The Kier molecular flexibility index (Phi) is 5.03. The van der Waals surface area contributed by atoms with Gasteiger partial charge in [-0.05, 0) is 24.8 Å². The first-order chi connectivity index (χ1) is 12.3. The van der Waals surface area contributed by atoms with Gasteiger partial charge in [-0.3, -0.25) is 14.8 Å². The molecule has 0 N–H and O–H groups in total. The molecule has 3 rings (SSSR count). The maximum atomic E-state index is 13.0. The Balaban J connectivity index is 1.79. The molecule has 2 heterocycles. The Hall–Kier alpha value is -2.36. The Morgan fingerprint density at radius 2 is 2.00 bits per heavy atom. The number of nitro benzene ring substituents is 1. The molecule has 0 bridgehead atoms. The summed E-state index contributed by atoms with van der Waals surface area (Å²) in [5, 5.41) is 18.4. The largest absolute Gasteiger partial charge is 0.418 e. The van der Waals surface area contributed by atoms with Crippen molar-refractivity contribution in [1.82, 2.24) is 15.0 Å². The third-order valence-corrected chi connectivity index (χ3v) is 4.75. The highest BCUT2D eigenvalue weighted by atomic mass is 35.5. The minimum absolute atomic E-state index is 0.118. The standard InChI is InChI=1S/C15H15ClF3N5O2/c16-12-8-13(14(24(25)26)7-11(12)15(17,18)19)22-4-1-10(2-5-22)9-23-6-3-20-21-23/h3,6-8,10H,1-2,4-5,9H2. The van der Waals surface area contributed by atoms with Gasteiger partial charge >= 0.3 is 6.18 Å². The summed E-state index contributed by atoms with van der Waals surface area (Å²) in [6.45, 7) is 1.66. The number of anilines is 1. The topological polar surface area (TPSA) is 77.1 Å². The summed E-state index contributed by atoms with van der Waals surface area (Å²) in [5.74, 6) is 0.317. The average molecular weight is 390 g/mol. The summed E-state index contributed by atoms with van der Waals surface area (Å²) >= 11 is 5.75. The van der Waals surface area contributed by atoms with E-state index < -0.39 is 27.4 Å². The van der Waals surface area contributed by atoms with Crippen molar-refractivity contribution in [1.29, 1.82) is 0 Å². The molecule has 0 atom stereocenters. The van der Waals surface area contributed by atoms with Gasteiger partial charge in [0.25, 0.3) is 5.69 Å². The molecule has 2 aromatic rings. The molecule has 1 aliphatic heterocycles. The van der Waals surface area contributed by atoms with Crippen LogP contribution in [-0.2, 0) is 12.7 Å². The summed E-state index contributed by atoms with van der Waals surface area (Å²) in [6, 6.07) is 1.55. The van der Waals surface area contributed by atoms with Crippen LogP contribution in [0.4, 0.5) is 24.5 Å². The van der Waals surface area contributed by atoms with E-state index in [0.29, 0.717) is 31.6 Å². The van der Waals surface area contributed by atoms with Crippen LogP contribution in [0.1, 0.15) is 18.4 Å². The van der Waals surface area contributed by atoms with E-state index in [1.165, 1.54) is 0 Å². The Bertz CT molecular complexity index is 789. The minimum atomic E-state index is -4.74. The first-order valence-electron chi connectivity index (χ1n) is 7.90. The highest BCUT2D eigenvalue weighted by Gasteiger charge is 2.37. The second-order valence-corrected chi connectivity index (χ2v) is 6.54. The number of piperidine rings is 1. The molecule has 1 saturated heterocycles. The quantitative estimate of drug-likeness (QED) is 0.587. The predicted octanol–water partition coefficient (Wildman–Crippen LogP) is 3.78. The number of rotatable bonds is 4. The maximum absolute atomic E-state index is 13.0. The van der Waals surface area contributed by atoms with Crippen LogP contribution < -0.4 is 4.90 Å². The molecule has 1 fully saturated rings. The van der Waals surface area contributed by atoms with E-state index >= 15 is 0 Å². The van der Waals surface area contributed by atoms with Gasteiger partial charge < -0.3 is 4.90 Å². The van der Waals surface area contributed by atoms with E-state index in [-0.39, 0.29) is 5.69 Å². The second-order valence-electron chi connectivity index (χ2n) is 6.13. The normalized spacial score (nSPS) is 16.1. The highest BCUT2D eigenvalue weighted by Crippen LogP contribution is 2.42. The average Bonchev–Trinajstić information content (AvgIpc) is 3.07. The van der Waals surface area contributed by atoms with Gasteiger partial charge in [0.05, 0.1) is 21.7 Å². The molecule has 0 radical (unpaired) electrons. The van der Waals surface area contributed by atoms with Crippen molar-refractivity contribution in [3.8, 4) is 0 Å². The molecule has 0 unspecified atom stereocenters. The lowest BCUT2D eigenvalue weighted by Gasteiger charge is -2.33. The molecular formula is C15H15ClF3N5O2. The second kappa shape index (κ2) is 7.10. The number of hydrogen-bond donors (Lipinski definition) is 0. The fourth-order valence-corrected chi connectivity index (χ4v) is 3.38. The Morgan fingerprint density at radius 1 is 1.31 bits per heavy atom. The highest BCUT2D eigenvalue weighted by molar-refractivity contribution is 6.31. The maximum Gasteiger partial charge on any atom is 0.418 e. The summed E-state index contributed by atoms with van der Waals surface area (Å²) in [7, 11) is 0. The van der Waals surface area contributed by atoms with E-state index in [9.17, 15) is 23.3 Å². The SMILES string of the molecule is O=[N+]([O-])c1cc(C(F)(F)F)c(Cl)cc1N1CCC(Cn2ccnn2)CC1. The molecule has 0 aliphatic carbocycles. The first-order valence-corrected chi connectivity index (χ1v) is 8.27. The molecule has 26 heavy (non-hydrogen) atoms. The smallest absolute Gasteiger partial charge is 0.366 e. The predicted molar refractivity (Wildman–Crippen MR) is 88.1 cm³/mol. The van der Waals surface area contributed by atoms with Crippen LogP contribution >= 0.6 is 11.6 Å². The Morgan fingerprint density at radius 3 is 2.54 bits per heavy atom. The fourth-order valence-electron chi connectivity index (χ4n) is 3.12. The van der Waals surface area contributed by atoms with Crippen LogP contribution in [0.15, 0.2) is 24.5 Å². The number of benzene rings is 1. The fraction of sp³-hybridized carbons (Fsp3) is 0.467. The summed E-state index contributed by atoms with van der Waals surface area (Å²) in [5.41, 5.74) is -1.67. The van der Waals surface area contributed by atoms with E-state index in [2.05, 4.69) is 10.3 Å². The van der Waals surface area contributed by atoms with E-state index in [4.69, 9.17) is 11.6 Å². The molecule has 1 aliphatic rings. The Labute approximate surface area is 151 Å². The summed E-state index contributed by atoms with van der Waals surface area (Å²) in [6.07, 6.45) is 0.0615. The monoisotopic (exact) mass is 389 g/mol. The molecule has 11 heteroatoms. The number of nitro groups is 1.